The quantitative estimate of drug-likeness (QED) is 0.228. The number of nitrogens with two attached hydrogens (primary N) is 1. The molecule has 2 N–H and O–H groups in total. The Morgan fingerprint density at radius 2 is 2.40 bits per heavy atom. The van der Waals surface area contributed by atoms with E-state index in [0.29, 0.717) is 22.7 Å². The number of aliphatic imine (C=N–C) groups is 1. The molecule has 0 fully saturated rings. The van der Waals surface area contributed by atoms with Gasteiger partial charge in [-0.15, -0.1) is 0 Å². The van der Waals surface area contributed by atoms with Crippen LogP contribution in [0.25, 0.3) is 0 Å². The molecular weight excluding hydrogens is 207 g/mol. The zero-order valence-electron chi connectivity index (χ0n) is 8.48. The van der Waals surface area contributed by atoms with Gasteiger partial charge in [-0.25, -0.2) is 0 Å². The van der Waals surface area contributed by atoms with Crippen LogP contribution in [0.3, 0.4) is 0 Å². The average Bonchev–Trinajstić information content (AvgIpc) is 2.24. The molecule has 15 heavy (non-hydrogen) atoms. The molecule has 0 aromatic heterocycles. The molecule has 0 aromatic rings. The van der Waals surface area contributed by atoms with Gasteiger partial charge in [-0.2, -0.15) is 0 Å². The number of carbonyl (C=O) groups is 1. The molecule has 78 valence electrons. The van der Waals surface area contributed by atoms with Crippen LogP contribution in [0.5, 0.6) is 0 Å². The number of carbonyl (C=O) groups excluding carboxylic acids is 1. The second kappa shape index (κ2) is 9.25. The molecule has 0 atom stereocenters. The van der Waals surface area contributed by atoms with Crippen molar-refractivity contribution in [2.75, 3.05) is 5.75 Å². The molecule has 0 spiro atoms. The van der Waals surface area contributed by atoms with Crippen molar-refractivity contribution in [2.45, 2.75) is 6.42 Å². The van der Waals surface area contributed by atoms with E-state index in [1.807, 2.05) is 0 Å². The van der Waals surface area contributed by atoms with Crippen molar-refractivity contribution < 1.29 is 4.79 Å². The van der Waals surface area contributed by atoms with Gasteiger partial charge in [0, 0.05) is 0 Å². The first-order valence-corrected chi connectivity index (χ1v) is 5.32. The molecule has 0 amide bonds. The Morgan fingerprint density at radius 3 is 2.93 bits per heavy atom. The van der Waals surface area contributed by atoms with Gasteiger partial charge in [0.25, 0.3) is 0 Å². The van der Waals surface area contributed by atoms with Gasteiger partial charge in [-0.1, -0.05) is 0 Å². The standard InChI is InChI=1S/C10H13BN2OS/c1-3-13-8-9(11-2)7-10(12)15-6-4-5-14/h3,5,8H,1-2,4,6,12H2/b13-8-. The Morgan fingerprint density at radius 1 is 1.67 bits per heavy atom. The zero-order valence-corrected chi connectivity index (χ0v) is 9.30. The summed E-state index contributed by atoms with van der Waals surface area (Å²) in [5.74, 6) is 0.658. The van der Waals surface area contributed by atoms with Crippen LogP contribution in [-0.4, -0.2) is 31.6 Å². The van der Waals surface area contributed by atoms with Gasteiger partial charge < -0.3 is 0 Å². The van der Waals surface area contributed by atoms with Crippen LogP contribution in [0.2, 0.25) is 0 Å². The van der Waals surface area contributed by atoms with Gasteiger partial charge in [-0.05, 0) is 0 Å². The van der Waals surface area contributed by atoms with Crippen molar-refractivity contribution in [1.29, 1.82) is 0 Å². The van der Waals surface area contributed by atoms with E-state index in [-0.39, 0.29) is 0 Å². The molecule has 5 heteroatoms. The van der Waals surface area contributed by atoms with Crippen LogP contribution in [-0.2, 0) is 4.79 Å². The van der Waals surface area contributed by atoms with E-state index in [2.05, 4.69) is 23.8 Å². The maximum absolute atomic E-state index is 10.1. The van der Waals surface area contributed by atoms with E-state index in [4.69, 9.17) is 5.73 Å². The Balaban J connectivity index is 4.52. The van der Waals surface area contributed by atoms with E-state index in [1.54, 1.807) is 13.1 Å². The number of nitrogens with zero attached hydrogens (tertiary/aromatic N) is 1. The monoisotopic (exact) mass is 220 g/mol. The van der Waals surface area contributed by atoms with Crippen LogP contribution < -0.4 is 5.73 Å². The summed E-state index contributed by atoms with van der Waals surface area (Å²) in [6.45, 7) is 8.65. The van der Waals surface area contributed by atoms with Crippen molar-refractivity contribution in [3.8, 4) is 0 Å². The predicted octanol–water partition coefficient (Wildman–Crippen LogP) is 0.942. The summed E-state index contributed by atoms with van der Waals surface area (Å²) in [5, 5.41) is 0.516. The minimum absolute atomic E-state index is 0.483. The number of thioether (sulfide) groups is 1. The third-order valence-corrected chi connectivity index (χ3v) is 2.15. The fraction of sp³-hybridized carbons (Fsp3) is 0.200. The fourth-order valence-electron chi connectivity index (χ4n) is 0.664. The SMILES string of the molecule is C=BC(=C=C(N)SCCC=O)/C=N\C=C. The van der Waals surface area contributed by atoms with Crippen molar-refractivity contribution in [3.63, 3.8) is 0 Å². The molecule has 0 heterocycles. The van der Waals surface area contributed by atoms with Gasteiger partial charge in [0.05, 0.1) is 0 Å². The molecule has 0 bridgehead atoms. The summed E-state index contributed by atoms with van der Waals surface area (Å²) in [5.41, 5.74) is 9.25. The zero-order chi connectivity index (χ0) is 11.5. The Bertz CT molecular complexity index is 330. The number of hydrogen-bond donors (Lipinski definition) is 1. The van der Waals surface area contributed by atoms with Gasteiger partial charge in [0.1, 0.15) is 0 Å². The van der Waals surface area contributed by atoms with Crippen LogP contribution in [0, 0.1) is 0 Å². The molecule has 0 saturated carbocycles. The molecular formula is C10H13BN2OS. The Hall–Kier alpha value is -1.32. The summed E-state index contributed by atoms with van der Waals surface area (Å²) >= 11 is 1.37. The first-order valence-electron chi connectivity index (χ1n) is 4.34. The van der Waals surface area contributed by atoms with E-state index in [0.717, 1.165) is 6.29 Å². The first-order chi connectivity index (χ1) is 7.24. The molecule has 0 aromatic carbocycles. The van der Waals surface area contributed by atoms with Crippen LogP contribution in [0.1, 0.15) is 6.42 Å². The maximum atomic E-state index is 10.1. The summed E-state index contributed by atoms with van der Waals surface area (Å²) in [6, 6.07) is 0. The van der Waals surface area contributed by atoms with Crippen LogP contribution in [0.15, 0.2) is 34.0 Å². The number of aldehydes is 1. The van der Waals surface area contributed by atoms with Crippen molar-refractivity contribution in [3.05, 3.63) is 29.0 Å². The fourth-order valence-corrected chi connectivity index (χ4v) is 1.29. The molecule has 0 radical (unpaired) electrons. The van der Waals surface area contributed by atoms with Gasteiger partial charge in [0.15, 0.2) is 0 Å². The minimum atomic E-state index is 0.483. The molecule has 0 saturated heterocycles. The first kappa shape index (κ1) is 13.7. The van der Waals surface area contributed by atoms with Crippen molar-refractivity contribution in [2.24, 2.45) is 10.7 Å². The Kier molecular flexibility index (Phi) is 8.44. The summed E-state index contributed by atoms with van der Waals surface area (Å²) in [4.78, 5) is 13.9. The third-order valence-electron chi connectivity index (χ3n) is 1.30. The van der Waals surface area contributed by atoms with Gasteiger partial charge in [0.2, 0.25) is 0 Å². The Labute approximate surface area is 94.7 Å². The topological polar surface area (TPSA) is 55.5 Å². The van der Waals surface area contributed by atoms with Crippen molar-refractivity contribution in [1.82, 2.24) is 0 Å². The summed E-state index contributed by atoms with van der Waals surface area (Å²) < 4.78 is 0. The second-order valence-electron chi connectivity index (χ2n) is 2.41. The van der Waals surface area contributed by atoms with E-state index in [9.17, 15) is 4.79 Å². The number of hydrogen-bond acceptors (Lipinski definition) is 4. The van der Waals surface area contributed by atoms with E-state index >= 15 is 0 Å². The molecule has 0 aliphatic heterocycles. The van der Waals surface area contributed by atoms with E-state index in [1.165, 1.54) is 18.0 Å². The summed E-state index contributed by atoms with van der Waals surface area (Å²) in [6.07, 6.45) is 4.32. The van der Waals surface area contributed by atoms with Crippen molar-refractivity contribution >= 4 is 37.7 Å². The number of allylic oxidation sites excluding steroid dienone is 1. The molecule has 0 aliphatic carbocycles. The van der Waals surface area contributed by atoms with Crippen LogP contribution in [0.4, 0.5) is 0 Å². The normalized spacial score (nSPS) is 9.07. The molecule has 0 rings (SSSR count). The van der Waals surface area contributed by atoms with Crippen LogP contribution >= 0.6 is 11.8 Å². The predicted molar refractivity (Wildman–Crippen MR) is 69.4 cm³/mol. The van der Waals surface area contributed by atoms with E-state index < -0.39 is 0 Å². The summed E-state index contributed by atoms with van der Waals surface area (Å²) in [7, 11) is 0. The van der Waals surface area contributed by atoms with Gasteiger partial charge >= 0.3 is 94.4 Å². The third kappa shape index (κ3) is 7.73. The molecule has 3 nitrogen and oxygen atoms in total. The number of rotatable bonds is 7. The average molecular weight is 220 g/mol. The second-order valence-corrected chi connectivity index (χ2v) is 3.55. The molecule has 0 aliphatic rings. The molecule has 0 unspecified atom stereocenters. The van der Waals surface area contributed by atoms with Gasteiger partial charge in [-0.3, -0.25) is 0 Å².